The molecule has 0 aliphatic carbocycles. The number of hydrogen-bond acceptors (Lipinski definition) is 5. The third-order valence-electron chi connectivity index (χ3n) is 3.84. The molecule has 150 valence electrons. The summed E-state index contributed by atoms with van der Waals surface area (Å²) in [6.45, 7) is 4.38. The Labute approximate surface area is 163 Å². The van der Waals surface area contributed by atoms with Gasteiger partial charge in [-0.05, 0) is 56.2 Å². The number of carbonyl (C=O) groups excluding carboxylic acids is 2. The minimum absolute atomic E-state index is 0.319. The first-order chi connectivity index (χ1) is 13.1. The molecule has 0 bridgehead atoms. The van der Waals surface area contributed by atoms with E-state index in [-0.39, 0.29) is 4.90 Å². The van der Waals surface area contributed by atoms with Gasteiger partial charge < -0.3 is 10.1 Å². The van der Waals surface area contributed by atoms with E-state index < -0.39 is 40.4 Å². The fourth-order valence-electron chi connectivity index (χ4n) is 2.27. The summed E-state index contributed by atoms with van der Waals surface area (Å²) >= 11 is 0. The van der Waals surface area contributed by atoms with Gasteiger partial charge in [0.1, 0.15) is 12.4 Å². The van der Waals surface area contributed by atoms with Crippen molar-refractivity contribution in [2.24, 2.45) is 0 Å². The smallest absolute Gasteiger partial charge is 0.321 e. The van der Waals surface area contributed by atoms with E-state index in [0.717, 1.165) is 23.3 Å². The van der Waals surface area contributed by atoms with E-state index in [9.17, 15) is 22.4 Å². The van der Waals surface area contributed by atoms with E-state index in [1.165, 1.54) is 19.1 Å². The largest absolute Gasteiger partial charge is 0.452 e. The lowest BCUT2D eigenvalue weighted by Crippen LogP contribution is -2.36. The fourth-order valence-corrected chi connectivity index (χ4v) is 3.27. The van der Waals surface area contributed by atoms with Gasteiger partial charge in [0.25, 0.3) is 5.91 Å². The summed E-state index contributed by atoms with van der Waals surface area (Å²) in [5, 5.41) is 2.66. The zero-order valence-corrected chi connectivity index (χ0v) is 16.5. The topological polar surface area (TPSA) is 102 Å². The molecule has 2 rings (SSSR count). The average Bonchev–Trinajstić information content (AvgIpc) is 2.63. The Bertz CT molecular complexity index is 992. The highest BCUT2D eigenvalue weighted by Crippen LogP contribution is 2.17. The van der Waals surface area contributed by atoms with E-state index in [0.29, 0.717) is 5.69 Å². The van der Waals surface area contributed by atoms with Gasteiger partial charge in [-0.2, -0.15) is 4.72 Å². The summed E-state index contributed by atoms with van der Waals surface area (Å²) in [6, 6.07) is 9.90. The predicted octanol–water partition coefficient (Wildman–Crippen LogP) is 2.29. The van der Waals surface area contributed by atoms with Crippen molar-refractivity contribution in [1.82, 2.24) is 4.72 Å². The molecule has 0 aliphatic heterocycles. The summed E-state index contributed by atoms with van der Waals surface area (Å²) in [5.74, 6) is -2.21. The summed E-state index contributed by atoms with van der Waals surface area (Å²) in [4.78, 5) is 23.8. The van der Waals surface area contributed by atoms with Gasteiger partial charge in [0.05, 0.1) is 4.90 Å². The van der Waals surface area contributed by atoms with Crippen molar-refractivity contribution in [3.05, 3.63) is 59.4 Å². The minimum atomic E-state index is -4.08. The number of hydrogen-bond donors (Lipinski definition) is 2. The lowest BCUT2D eigenvalue weighted by Gasteiger charge is -2.15. The van der Waals surface area contributed by atoms with E-state index >= 15 is 0 Å². The molecule has 7 nitrogen and oxygen atoms in total. The van der Waals surface area contributed by atoms with Crippen LogP contribution in [0.3, 0.4) is 0 Å². The fraction of sp³-hybridized carbons (Fsp3) is 0.263. The normalized spacial score (nSPS) is 12.3. The van der Waals surface area contributed by atoms with Gasteiger partial charge in [-0.1, -0.05) is 18.2 Å². The molecule has 0 aliphatic rings. The van der Waals surface area contributed by atoms with Gasteiger partial charge >= 0.3 is 5.97 Å². The van der Waals surface area contributed by atoms with Crippen LogP contribution < -0.4 is 10.0 Å². The van der Waals surface area contributed by atoms with Gasteiger partial charge in [0.2, 0.25) is 10.0 Å². The maximum atomic E-state index is 13.2. The molecule has 0 fully saturated rings. The standard InChI is InChI=1S/C19H21FN2O5S/c1-12-7-8-13(2)17(9-12)22-19(24)14(3)27-18(23)11-21-28(25,26)16-6-4-5-15(20)10-16/h4-10,14,21H,11H2,1-3H3,(H,22,24)/t14-/m0/s1. The van der Waals surface area contributed by atoms with Crippen molar-refractivity contribution < 1.29 is 27.1 Å². The van der Waals surface area contributed by atoms with Crippen LogP contribution in [0.5, 0.6) is 0 Å². The highest BCUT2D eigenvalue weighted by Gasteiger charge is 2.21. The van der Waals surface area contributed by atoms with Crippen LogP contribution in [0.4, 0.5) is 10.1 Å². The number of anilines is 1. The highest BCUT2D eigenvalue weighted by atomic mass is 32.2. The predicted molar refractivity (Wildman–Crippen MR) is 102 cm³/mol. The molecule has 0 heterocycles. The molecule has 2 aromatic rings. The van der Waals surface area contributed by atoms with E-state index in [4.69, 9.17) is 4.74 Å². The van der Waals surface area contributed by atoms with E-state index in [1.807, 2.05) is 30.7 Å². The molecule has 28 heavy (non-hydrogen) atoms. The van der Waals surface area contributed by atoms with Gasteiger partial charge in [0, 0.05) is 5.69 Å². The molecule has 0 unspecified atom stereocenters. The first-order valence-electron chi connectivity index (χ1n) is 8.41. The number of benzene rings is 2. The molecule has 0 radical (unpaired) electrons. The first kappa shape index (κ1) is 21.5. The Hall–Kier alpha value is -2.78. The number of rotatable bonds is 7. The first-order valence-corrected chi connectivity index (χ1v) is 9.89. The Balaban J connectivity index is 1.91. The summed E-state index contributed by atoms with van der Waals surface area (Å²) in [6.07, 6.45) is -1.13. The molecule has 9 heteroatoms. The molecule has 1 atom stereocenters. The van der Waals surface area contributed by atoms with Crippen molar-refractivity contribution in [2.45, 2.75) is 31.8 Å². The third-order valence-corrected chi connectivity index (χ3v) is 5.24. The molecule has 0 aromatic heterocycles. The van der Waals surface area contributed by atoms with Gasteiger partial charge in [0.15, 0.2) is 6.10 Å². The molecule has 0 spiro atoms. The molecular formula is C19H21FN2O5S. The van der Waals surface area contributed by atoms with Crippen LogP contribution in [0.2, 0.25) is 0 Å². The van der Waals surface area contributed by atoms with E-state index in [1.54, 1.807) is 6.07 Å². The van der Waals surface area contributed by atoms with Crippen molar-refractivity contribution in [2.75, 3.05) is 11.9 Å². The Morgan fingerprint density at radius 3 is 2.54 bits per heavy atom. The summed E-state index contributed by atoms with van der Waals surface area (Å²) < 4.78 is 44.2. The molecule has 0 saturated heterocycles. The van der Waals surface area contributed by atoms with Crippen molar-refractivity contribution >= 4 is 27.6 Å². The molecule has 0 saturated carbocycles. The second-order valence-corrected chi connectivity index (χ2v) is 7.99. The monoisotopic (exact) mass is 408 g/mol. The molecule has 2 aromatic carbocycles. The maximum absolute atomic E-state index is 13.2. The maximum Gasteiger partial charge on any atom is 0.321 e. The second-order valence-electron chi connectivity index (χ2n) is 6.22. The average molecular weight is 408 g/mol. The number of sulfonamides is 1. The number of ether oxygens (including phenoxy) is 1. The van der Waals surface area contributed by atoms with Crippen LogP contribution in [0, 0.1) is 19.7 Å². The Morgan fingerprint density at radius 2 is 1.86 bits per heavy atom. The SMILES string of the molecule is Cc1ccc(C)c(NC(=O)[C@H](C)OC(=O)CNS(=O)(=O)c2cccc(F)c2)c1. The quantitative estimate of drug-likeness (QED) is 0.685. The minimum Gasteiger partial charge on any atom is -0.452 e. The van der Waals surface area contributed by atoms with Crippen LogP contribution in [0.15, 0.2) is 47.4 Å². The van der Waals surface area contributed by atoms with Gasteiger partial charge in [-0.15, -0.1) is 0 Å². The van der Waals surface area contributed by atoms with Crippen molar-refractivity contribution in [3.63, 3.8) is 0 Å². The van der Waals surface area contributed by atoms with Crippen LogP contribution in [0.1, 0.15) is 18.1 Å². The van der Waals surface area contributed by atoms with Gasteiger partial charge in [-0.3, -0.25) is 9.59 Å². The van der Waals surface area contributed by atoms with Crippen molar-refractivity contribution in [3.8, 4) is 0 Å². The van der Waals surface area contributed by atoms with Crippen LogP contribution in [-0.2, 0) is 24.3 Å². The molecule has 1 amide bonds. The molecular weight excluding hydrogens is 387 g/mol. The van der Waals surface area contributed by atoms with E-state index in [2.05, 4.69) is 5.32 Å². The second kappa shape index (κ2) is 8.94. The number of nitrogens with one attached hydrogen (secondary N) is 2. The third kappa shape index (κ3) is 5.86. The lowest BCUT2D eigenvalue weighted by molar-refractivity contribution is -0.151. The van der Waals surface area contributed by atoms with Gasteiger partial charge in [-0.25, -0.2) is 12.8 Å². The summed E-state index contributed by atoms with van der Waals surface area (Å²) in [5.41, 5.74) is 2.40. The lowest BCUT2D eigenvalue weighted by atomic mass is 10.1. The number of carbonyl (C=O) groups is 2. The zero-order chi connectivity index (χ0) is 20.9. The number of aryl methyl sites for hydroxylation is 2. The zero-order valence-electron chi connectivity index (χ0n) is 15.7. The summed E-state index contributed by atoms with van der Waals surface area (Å²) in [7, 11) is -4.08. The van der Waals surface area contributed by atoms with Crippen LogP contribution >= 0.6 is 0 Å². The molecule has 2 N–H and O–H groups in total. The van der Waals surface area contributed by atoms with Crippen molar-refractivity contribution in [1.29, 1.82) is 0 Å². The number of amides is 1. The Kier molecular flexibility index (Phi) is 6.87. The number of halogens is 1. The Morgan fingerprint density at radius 1 is 1.14 bits per heavy atom. The van der Waals surface area contributed by atoms with Crippen LogP contribution in [-0.4, -0.2) is 32.9 Å². The number of esters is 1. The van der Waals surface area contributed by atoms with Crippen LogP contribution in [0.25, 0.3) is 0 Å². The highest BCUT2D eigenvalue weighted by molar-refractivity contribution is 7.89.